The molecule has 21 heavy (non-hydrogen) atoms. The Morgan fingerprint density at radius 3 is 3.00 bits per heavy atom. The van der Waals surface area contributed by atoms with Gasteiger partial charge in [0.05, 0.1) is 5.71 Å². The van der Waals surface area contributed by atoms with Crippen molar-refractivity contribution in [3.63, 3.8) is 0 Å². The number of benzene rings is 1. The van der Waals surface area contributed by atoms with Gasteiger partial charge in [-0.3, -0.25) is 10.1 Å². The fourth-order valence-electron chi connectivity index (χ4n) is 1.96. The number of nitrogens with zero attached hydrogens (tertiary/aromatic N) is 3. The molecular weight excluding hydrogens is 295 g/mol. The molecule has 0 saturated heterocycles. The molecule has 1 N–H and O–H groups in total. The summed E-state index contributed by atoms with van der Waals surface area (Å²) in [4.78, 5) is 17.5. The lowest BCUT2D eigenvalue weighted by atomic mass is 9.95. The fourth-order valence-corrected chi connectivity index (χ4v) is 2.40. The molecule has 1 aromatic carbocycles. The highest BCUT2D eigenvalue weighted by molar-refractivity contribution is 7.13. The van der Waals surface area contributed by atoms with E-state index < -0.39 is 17.3 Å². The fraction of sp³-hybridized carbons (Fsp3) is 0.231. The van der Waals surface area contributed by atoms with Crippen molar-refractivity contribution in [2.45, 2.75) is 18.9 Å². The summed E-state index contributed by atoms with van der Waals surface area (Å²) in [5.74, 6) is -0.789. The Balaban J connectivity index is 1.75. The molecule has 1 aliphatic heterocycles. The third kappa shape index (κ3) is 2.62. The van der Waals surface area contributed by atoms with Gasteiger partial charge in [0, 0.05) is 12.0 Å². The van der Waals surface area contributed by atoms with Gasteiger partial charge in [0.1, 0.15) is 11.3 Å². The topological polar surface area (TPSA) is 76.5 Å². The number of amides is 1. The van der Waals surface area contributed by atoms with Crippen molar-refractivity contribution >= 4 is 28.1 Å². The summed E-state index contributed by atoms with van der Waals surface area (Å²) in [5, 5.41) is 14.2. The molecule has 6 nitrogen and oxygen atoms in total. The van der Waals surface area contributed by atoms with E-state index in [2.05, 4.69) is 20.7 Å². The number of hydrogen-bond acceptors (Lipinski definition) is 6. The molecule has 3 rings (SSSR count). The number of aromatic nitrogens is 2. The van der Waals surface area contributed by atoms with E-state index >= 15 is 0 Å². The Kier molecular flexibility index (Phi) is 3.38. The maximum Gasteiger partial charge on any atom is 0.273 e. The van der Waals surface area contributed by atoms with Gasteiger partial charge in [0.15, 0.2) is 0 Å². The van der Waals surface area contributed by atoms with Crippen molar-refractivity contribution < 1.29 is 14.0 Å². The van der Waals surface area contributed by atoms with Gasteiger partial charge in [-0.15, -0.1) is 10.2 Å². The quantitative estimate of drug-likeness (QED) is 0.943. The van der Waals surface area contributed by atoms with E-state index in [4.69, 9.17) is 4.84 Å². The van der Waals surface area contributed by atoms with Crippen LogP contribution in [0, 0.1) is 5.82 Å². The number of hydrogen-bond donors (Lipinski definition) is 1. The zero-order valence-corrected chi connectivity index (χ0v) is 11.9. The summed E-state index contributed by atoms with van der Waals surface area (Å²) in [6.07, 6.45) is 0.179. The van der Waals surface area contributed by atoms with Gasteiger partial charge in [0.2, 0.25) is 10.7 Å². The molecule has 0 spiro atoms. The van der Waals surface area contributed by atoms with E-state index in [1.807, 2.05) is 0 Å². The summed E-state index contributed by atoms with van der Waals surface area (Å²) in [7, 11) is 0. The Labute approximate surface area is 123 Å². The molecule has 0 aliphatic carbocycles. The van der Waals surface area contributed by atoms with Crippen molar-refractivity contribution in [1.82, 2.24) is 10.2 Å². The van der Waals surface area contributed by atoms with E-state index in [9.17, 15) is 9.18 Å². The van der Waals surface area contributed by atoms with Gasteiger partial charge in [-0.1, -0.05) is 34.7 Å². The minimum Gasteiger partial charge on any atom is -0.379 e. The Hall–Kier alpha value is -2.35. The van der Waals surface area contributed by atoms with Crippen LogP contribution in [-0.4, -0.2) is 27.4 Å². The first-order valence-electron chi connectivity index (χ1n) is 6.16. The van der Waals surface area contributed by atoms with Crippen LogP contribution in [0.25, 0.3) is 0 Å². The van der Waals surface area contributed by atoms with Gasteiger partial charge in [-0.2, -0.15) is 0 Å². The van der Waals surface area contributed by atoms with Crippen LogP contribution in [0.5, 0.6) is 0 Å². The lowest BCUT2D eigenvalue weighted by Crippen LogP contribution is -2.40. The maximum atomic E-state index is 13.7. The molecule has 1 aromatic heterocycles. The van der Waals surface area contributed by atoms with E-state index in [-0.39, 0.29) is 6.42 Å². The molecule has 2 aromatic rings. The molecule has 1 atom stereocenters. The third-order valence-corrected chi connectivity index (χ3v) is 3.71. The van der Waals surface area contributed by atoms with Crippen LogP contribution in [0.2, 0.25) is 0 Å². The van der Waals surface area contributed by atoms with Crippen LogP contribution in [0.4, 0.5) is 9.52 Å². The number of carbonyl (C=O) groups excluding carboxylic acids is 1. The van der Waals surface area contributed by atoms with Crippen molar-refractivity contribution in [1.29, 1.82) is 0 Å². The lowest BCUT2D eigenvalue weighted by molar-refractivity contribution is -0.135. The number of halogens is 1. The highest BCUT2D eigenvalue weighted by Gasteiger charge is 2.43. The third-order valence-electron chi connectivity index (χ3n) is 3.11. The number of rotatable bonds is 3. The first-order valence-corrected chi connectivity index (χ1v) is 7.04. The molecule has 1 amide bonds. The molecule has 0 bridgehead atoms. The van der Waals surface area contributed by atoms with Gasteiger partial charge >= 0.3 is 0 Å². The van der Waals surface area contributed by atoms with Crippen LogP contribution in [-0.2, 0) is 9.63 Å². The number of nitrogens with one attached hydrogen (secondary N) is 1. The van der Waals surface area contributed by atoms with Crippen LogP contribution < -0.4 is 5.32 Å². The van der Waals surface area contributed by atoms with Crippen LogP contribution in [0.15, 0.2) is 34.9 Å². The summed E-state index contributed by atoms with van der Waals surface area (Å²) >= 11 is 1.20. The van der Waals surface area contributed by atoms with Gasteiger partial charge in [-0.25, -0.2) is 4.39 Å². The number of carbonyl (C=O) groups is 1. The Morgan fingerprint density at radius 1 is 1.48 bits per heavy atom. The standard InChI is InChI=1S/C13H11FN4O2S/c1-13(11(19)16-12-17-15-7-21-12)6-10(18-20-13)8-4-2-3-5-9(8)14/h2-5,7H,6H2,1H3,(H,16,17,19). The molecule has 0 radical (unpaired) electrons. The normalized spacial score (nSPS) is 20.8. The second-order valence-corrected chi connectivity index (χ2v) is 5.55. The van der Waals surface area contributed by atoms with Crippen molar-refractivity contribution in [2.75, 3.05) is 5.32 Å². The predicted molar refractivity (Wildman–Crippen MR) is 75.6 cm³/mol. The lowest BCUT2D eigenvalue weighted by Gasteiger charge is -2.19. The van der Waals surface area contributed by atoms with E-state index in [1.165, 1.54) is 22.9 Å². The monoisotopic (exact) mass is 306 g/mol. The summed E-state index contributed by atoms with van der Waals surface area (Å²) < 4.78 is 13.7. The highest BCUT2D eigenvalue weighted by Crippen LogP contribution is 2.29. The molecule has 0 fully saturated rings. The van der Waals surface area contributed by atoms with Gasteiger partial charge in [0.25, 0.3) is 5.91 Å². The number of anilines is 1. The largest absolute Gasteiger partial charge is 0.379 e. The van der Waals surface area contributed by atoms with Gasteiger partial charge in [-0.05, 0) is 13.0 Å². The molecule has 8 heteroatoms. The second-order valence-electron chi connectivity index (χ2n) is 4.71. The van der Waals surface area contributed by atoms with E-state index in [0.29, 0.717) is 16.4 Å². The molecule has 0 saturated carbocycles. The summed E-state index contributed by atoms with van der Waals surface area (Å²) in [5.41, 5.74) is 1.06. The number of oxime groups is 1. The smallest absolute Gasteiger partial charge is 0.273 e. The Bertz CT molecular complexity index is 704. The van der Waals surface area contributed by atoms with Crippen LogP contribution >= 0.6 is 11.3 Å². The molecule has 1 aliphatic rings. The van der Waals surface area contributed by atoms with Crippen molar-refractivity contribution in [3.8, 4) is 0 Å². The summed E-state index contributed by atoms with van der Waals surface area (Å²) in [6.45, 7) is 1.60. The van der Waals surface area contributed by atoms with Gasteiger partial charge < -0.3 is 4.84 Å². The average molecular weight is 306 g/mol. The SMILES string of the molecule is CC1(C(=O)Nc2nncs2)CC(c2ccccc2F)=NO1. The molecular formula is C13H11FN4O2S. The maximum absolute atomic E-state index is 13.7. The first kappa shape index (κ1) is 13.6. The van der Waals surface area contributed by atoms with Crippen molar-refractivity contribution in [2.24, 2.45) is 5.16 Å². The molecule has 2 heterocycles. The average Bonchev–Trinajstić information content (AvgIpc) is 3.10. The molecule has 108 valence electrons. The Morgan fingerprint density at radius 2 is 2.29 bits per heavy atom. The van der Waals surface area contributed by atoms with E-state index in [0.717, 1.165) is 0 Å². The molecule has 1 unspecified atom stereocenters. The second kappa shape index (κ2) is 5.21. The van der Waals surface area contributed by atoms with Crippen molar-refractivity contribution in [3.05, 3.63) is 41.2 Å². The minimum absolute atomic E-state index is 0.179. The van der Waals surface area contributed by atoms with E-state index in [1.54, 1.807) is 25.1 Å². The minimum atomic E-state index is -1.19. The zero-order valence-electron chi connectivity index (χ0n) is 11.0. The first-order chi connectivity index (χ1) is 10.1. The highest BCUT2D eigenvalue weighted by atomic mass is 32.1. The zero-order chi connectivity index (χ0) is 14.9. The van der Waals surface area contributed by atoms with Crippen LogP contribution in [0.1, 0.15) is 18.9 Å². The predicted octanol–water partition coefficient (Wildman–Crippen LogP) is 2.20. The van der Waals surface area contributed by atoms with Crippen LogP contribution in [0.3, 0.4) is 0 Å². The summed E-state index contributed by atoms with van der Waals surface area (Å²) in [6, 6.07) is 6.25.